The number of aromatic nitrogens is 2. The van der Waals surface area contributed by atoms with E-state index in [4.69, 9.17) is 41.2 Å². The molecule has 12 heteroatoms. The first-order chi connectivity index (χ1) is 20.0. The lowest BCUT2D eigenvalue weighted by molar-refractivity contribution is 0.102. The number of likely N-dealkylation sites (N-methyl/N-ethyl adjacent to an activating group) is 1. The Labute approximate surface area is 251 Å². The van der Waals surface area contributed by atoms with Crippen molar-refractivity contribution in [1.82, 2.24) is 20.2 Å². The zero-order valence-corrected chi connectivity index (χ0v) is 25.7. The smallest absolute Gasteiger partial charge is 0.409 e. The Balaban J connectivity index is 2.11. The highest BCUT2D eigenvalue weighted by molar-refractivity contribution is 6.33. The maximum Gasteiger partial charge on any atom is 0.409 e. The monoisotopic (exact) mass is 601 g/mol. The molecule has 4 N–H and O–H groups in total. The highest BCUT2D eigenvalue weighted by Gasteiger charge is 2.27. The lowest BCUT2D eigenvalue weighted by Gasteiger charge is -2.31. The fourth-order valence-corrected chi connectivity index (χ4v) is 5.07. The zero-order valence-electron chi connectivity index (χ0n) is 25.0. The summed E-state index contributed by atoms with van der Waals surface area (Å²) in [4.78, 5) is 23.2. The second kappa shape index (κ2) is 15.0. The summed E-state index contributed by atoms with van der Waals surface area (Å²) < 4.78 is 16.5. The van der Waals surface area contributed by atoms with Crippen LogP contribution in [0.25, 0.3) is 23.0 Å². The Kier molecular flexibility index (Phi) is 11.7. The van der Waals surface area contributed by atoms with Crippen LogP contribution in [0.4, 0.5) is 4.79 Å². The van der Waals surface area contributed by atoms with Crippen molar-refractivity contribution in [2.75, 3.05) is 47.5 Å². The van der Waals surface area contributed by atoms with E-state index in [0.717, 1.165) is 0 Å². The maximum atomic E-state index is 12.0. The lowest BCUT2D eigenvalue weighted by Crippen LogP contribution is -2.38. The number of allylic oxidation sites excluding steroid dienone is 3. The molecule has 0 bridgehead atoms. The second-order valence-electron chi connectivity index (χ2n) is 10.1. The molecule has 2 aromatic rings. The molecule has 1 aliphatic heterocycles. The van der Waals surface area contributed by atoms with Gasteiger partial charge in [0.2, 0.25) is 0 Å². The summed E-state index contributed by atoms with van der Waals surface area (Å²) in [7, 11) is 4.72. The van der Waals surface area contributed by atoms with Gasteiger partial charge in [0, 0.05) is 48.5 Å². The van der Waals surface area contributed by atoms with Gasteiger partial charge in [0.1, 0.15) is 30.0 Å². The van der Waals surface area contributed by atoms with Crippen molar-refractivity contribution in [1.29, 1.82) is 5.41 Å². The van der Waals surface area contributed by atoms with Gasteiger partial charge >= 0.3 is 6.09 Å². The first-order valence-electron chi connectivity index (χ1n) is 13.7. The molecular weight excluding hydrogens is 562 g/mol. The number of nitrogens with one attached hydrogen (secondary N) is 2. The predicted molar refractivity (Wildman–Crippen MR) is 163 cm³/mol. The van der Waals surface area contributed by atoms with E-state index in [1.165, 1.54) is 14.0 Å². The molecular formula is C30H40ClN5O6. The first-order valence-corrected chi connectivity index (χ1v) is 14.1. The van der Waals surface area contributed by atoms with Crippen LogP contribution in [0.2, 0.25) is 5.02 Å². The van der Waals surface area contributed by atoms with Gasteiger partial charge in [-0.05, 0) is 58.9 Å². The van der Waals surface area contributed by atoms with Crippen LogP contribution < -0.4 is 10.1 Å². The van der Waals surface area contributed by atoms with E-state index >= 15 is 0 Å². The molecule has 0 spiro atoms. The van der Waals surface area contributed by atoms with E-state index in [0.29, 0.717) is 71.5 Å². The molecule has 1 aromatic heterocycles. The molecule has 1 fully saturated rings. The molecule has 0 saturated carbocycles. The van der Waals surface area contributed by atoms with Gasteiger partial charge < -0.3 is 40.0 Å². The van der Waals surface area contributed by atoms with Crippen molar-refractivity contribution in [3.05, 3.63) is 51.7 Å². The maximum absolute atomic E-state index is 12.0. The highest BCUT2D eigenvalue weighted by atomic mass is 35.5. The minimum absolute atomic E-state index is 0.0422. The number of methoxy groups -OCH3 is 2. The van der Waals surface area contributed by atoms with Gasteiger partial charge in [0.25, 0.3) is 0 Å². The van der Waals surface area contributed by atoms with Gasteiger partial charge in [-0.1, -0.05) is 11.6 Å². The molecule has 0 radical (unpaired) electrons. The number of hydrogen-bond acceptors (Lipinski definition) is 10. The van der Waals surface area contributed by atoms with Crippen LogP contribution in [-0.2, 0) is 9.47 Å². The van der Waals surface area contributed by atoms with E-state index in [1.54, 1.807) is 44.2 Å². The fraction of sp³-hybridized carbons (Fsp3) is 0.467. The fourth-order valence-electron chi connectivity index (χ4n) is 4.87. The van der Waals surface area contributed by atoms with Gasteiger partial charge in [-0.3, -0.25) is 0 Å². The third kappa shape index (κ3) is 7.99. The topological polar surface area (TPSA) is 150 Å². The van der Waals surface area contributed by atoms with Gasteiger partial charge in [-0.15, -0.1) is 0 Å². The number of carbonyl (C=O) groups excluding carboxylic acids is 1. The number of ether oxygens (including phenoxy) is 3. The van der Waals surface area contributed by atoms with Crippen molar-refractivity contribution < 1.29 is 29.2 Å². The van der Waals surface area contributed by atoms with E-state index in [1.807, 2.05) is 13.0 Å². The molecule has 11 nitrogen and oxygen atoms in total. The van der Waals surface area contributed by atoms with Crippen LogP contribution in [0.1, 0.15) is 43.6 Å². The summed E-state index contributed by atoms with van der Waals surface area (Å²) in [5, 5.41) is 32.2. The average molecular weight is 602 g/mol. The quantitative estimate of drug-likeness (QED) is 0.209. The number of aliphatic hydroxyl groups is 2. The molecule has 1 aliphatic rings. The molecule has 228 valence electrons. The summed E-state index contributed by atoms with van der Waals surface area (Å²) in [5.41, 5.74) is 2.48. The Hall–Kier alpha value is -3.67. The van der Waals surface area contributed by atoms with Crippen molar-refractivity contribution in [2.24, 2.45) is 5.92 Å². The SMILES string of the molecule is CNC[C@@H](O)COc1ccc(Cl)c(-c2nc(/C=C(\OC)C3CCN(C(=O)OC)CC3)c(C)c(/C(C(C)=N)=C(\C)O)n2)c1. The minimum atomic E-state index is -0.698. The molecule has 2 heterocycles. The van der Waals surface area contributed by atoms with Crippen LogP contribution in [0, 0.1) is 18.3 Å². The number of rotatable bonds is 11. The summed E-state index contributed by atoms with van der Waals surface area (Å²) in [6.07, 6.45) is 2.16. The second-order valence-corrected chi connectivity index (χ2v) is 10.5. The predicted octanol–water partition coefficient (Wildman–Crippen LogP) is 4.86. The van der Waals surface area contributed by atoms with Gasteiger partial charge in [-0.25, -0.2) is 14.8 Å². The number of amides is 1. The number of piperidine rings is 1. The van der Waals surface area contributed by atoms with Crippen molar-refractivity contribution in [3.8, 4) is 17.1 Å². The summed E-state index contributed by atoms with van der Waals surface area (Å²) in [6, 6.07) is 5.06. The summed E-state index contributed by atoms with van der Waals surface area (Å²) in [6.45, 7) is 6.44. The third-order valence-corrected chi connectivity index (χ3v) is 7.39. The Morgan fingerprint density at radius 3 is 2.50 bits per heavy atom. The number of nitrogens with zero attached hydrogens (tertiary/aromatic N) is 3. The molecule has 1 aromatic carbocycles. The Bertz CT molecular complexity index is 1350. The van der Waals surface area contributed by atoms with Crippen LogP contribution in [0.3, 0.4) is 0 Å². The first kappa shape index (κ1) is 32.8. The Morgan fingerprint density at radius 2 is 1.93 bits per heavy atom. The average Bonchev–Trinajstić information content (AvgIpc) is 2.96. The number of carbonyl (C=O) groups is 1. The van der Waals surface area contributed by atoms with Gasteiger partial charge in [0.15, 0.2) is 5.82 Å². The van der Waals surface area contributed by atoms with E-state index in [9.17, 15) is 15.0 Å². The molecule has 0 aliphatic carbocycles. The lowest BCUT2D eigenvalue weighted by atomic mass is 9.93. The van der Waals surface area contributed by atoms with E-state index < -0.39 is 6.10 Å². The van der Waals surface area contributed by atoms with Crippen molar-refractivity contribution in [2.45, 2.75) is 39.7 Å². The van der Waals surface area contributed by atoms with Crippen LogP contribution in [-0.4, -0.2) is 90.5 Å². The number of benzene rings is 1. The molecule has 3 rings (SSSR count). The Morgan fingerprint density at radius 1 is 1.24 bits per heavy atom. The molecule has 0 unspecified atom stereocenters. The minimum Gasteiger partial charge on any atom is -0.512 e. The largest absolute Gasteiger partial charge is 0.512 e. The van der Waals surface area contributed by atoms with Gasteiger partial charge in [0.05, 0.1) is 36.2 Å². The standard InChI is InChI=1S/C30H40ClN5O6/c1-17-25(14-26(40-5)20-9-11-36(12-10-20)30(39)41-6)34-29(35-28(17)27(18(2)32)19(3)37)23-13-22(7-8-24(23)31)42-16-21(38)15-33-4/h7-8,13-14,20-21,32-33,37-38H,9-12,15-16H2,1-6H3/b26-14-,27-19+,32-18?/t21-/m1/s1. The van der Waals surface area contributed by atoms with Crippen molar-refractivity contribution in [3.63, 3.8) is 0 Å². The normalized spacial score (nSPS) is 15.6. The van der Waals surface area contributed by atoms with Crippen LogP contribution in [0.15, 0.2) is 29.7 Å². The molecule has 1 amide bonds. The molecule has 1 saturated heterocycles. The number of likely N-dealkylation sites (tertiary alicyclic amines) is 1. The van der Waals surface area contributed by atoms with E-state index in [2.05, 4.69) is 5.32 Å². The van der Waals surface area contributed by atoms with Gasteiger partial charge in [-0.2, -0.15) is 0 Å². The number of hydrogen-bond donors (Lipinski definition) is 4. The van der Waals surface area contributed by atoms with Crippen molar-refractivity contribution >= 4 is 35.1 Å². The zero-order chi connectivity index (χ0) is 31.0. The van der Waals surface area contributed by atoms with E-state index in [-0.39, 0.29) is 41.5 Å². The summed E-state index contributed by atoms with van der Waals surface area (Å²) in [5.74, 6) is 1.43. The number of halogens is 1. The van der Waals surface area contributed by atoms with Crippen LogP contribution in [0.5, 0.6) is 5.75 Å². The van der Waals surface area contributed by atoms with Crippen LogP contribution >= 0.6 is 11.6 Å². The summed E-state index contributed by atoms with van der Waals surface area (Å²) >= 11 is 6.62. The third-order valence-electron chi connectivity index (χ3n) is 7.06. The molecule has 42 heavy (non-hydrogen) atoms. The number of aliphatic hydroxyl groups excluding tert-OH is 2. The highest BCUT2D eigenvalue weighted by Crippen LogP contribution is 2.34. The molecule has 1 atom stereocenters.